The molecule has 0 radical (unpaired) electrons. The number of rotatable bonds is 3. The van der Waals surface area contributed by atoms with Crippen LogP contribution in [0.3, 0.4) is 0 Å². The minimum Gasteiger partial charge on any atom is -0.342 e. The number of amides is 1. The molecule has 1 amide bonds. The molecule has 3 aromatic rings. The molecule has 28 heavy (non-hydrogen) atoms. The lowest BCUT2D eigenvalue weighted by molar-refractivity contribution is -0.184. The van der Waals surface area contributed by atoms with E-state index in [9.17, 15) is 18.0 Å². The summed E-state index contributed by atoms with van der Waals surface area (Å²) in [6.07, 6.45) is -2.03. The van der Waals surface area contributed by atoms with Gasteiger partial charge in [0, 0.05) is 36.7 Å². The van der Waals surface area contributed by atoms with Gasteiger partial charge in [0.15, 0.2) is 0 Å². The molecular formula is C22H21F3N2O. The van der Waals surface area contributed by atoms with Crippen molar-refractivity contribution >= 4 is 16.8 Å². The molecule has 0 saturated carbocycles. The Kier molecular flexibility index (Phi) is 4.87. The van der Waals surface area contributed by atoms with E-state index in [2.05, 4.69) is 0 Å². The number of nitrogens with zero attached hydrogens (tertiary/aromatic N) is 2. The van der Waals surface area contributed by atoms with Gasteiger partial charge in [0.25, 0.3) is 5.91 Å². The Bertz CT molecular complexity index is 978. The normalized spacial score (nSPS) is 17.8. The van der Waals surface area contributed by atoms with E-state index in [4.69, 9.17) is 0 Å². The van der Waals surface area contributed by atoms with Crippen LogP contribution >= 0.6 is 0 Å². The highest BCUT2D eigenvalue weighted by Gasteiger charge is 2.43. The summed E-state index contributed by atoms with van der Waals surface area (Å²) < 4.78 is 41.4. The first kappa shape index (κ1) is 18.6. The molecule has 1 aliphatic heterocycles. The molecular weight excluding hydrogens is 365 g/mol. The zero-order valence-corrected chi connectivity index (χ0v) is 15.3. The highest BCUT2D eigenvalue weighted by atomic mass is 19.4. The van der Waals surface area contributed by atoms with Crippen LogP contribution in [0.15, 0.2) is 60.8 Å². The Morgan fingerprint density at radius 1 is 1.04 bits per heavy atom. The summed E-state index contributed by atoms with van der Waals surface area (Å²) in [5.41, 5.74) is 2.46. The minimum absolute atomic E-state index is 0.0864. The van der Waals surface area contributed by atoms with Crippen molar-refractivity contribution in [1.29, 1.82) is 0 Å². The van der Waals surface area contributed by atoms with Crippen molar-refractivity contribution in [2.45, 2.75) is 25.6 Å². The molecule has 2 heterocycles. The number of alkyl halides is 3. The maximum Gasteiger partial charge on any atom is 0.393 e. The zero-order chi connectivity index (χ0) is 19.7. The second-order valence-electron chi connectivity index (χ2n) is 7.31. The maximum absolute atomic E-state index is 13.1. The van der Waals surface area contributed by atoms with E-state index in [0.717, 1.165) is 16.5 Å². The van der Waals surface area contributed by atoms with Crippen molar-refractivity contribution in [3.05, 3.63) is 71.9 Å². The second-order valence-corrected chi connectivity index (χ2v) is 7.31. The van der Waals surface area contributed by atoms with Crippen molar-refractivity contribution in [3.8, 4) is 0 Å². The van der Waals surface area contributed by atoms with Crippen LogP contribution in [-0.2, 0) is 6.54 Å². The van der Waals surface area contributed by atoms with Crippen LogP contribution in [0.25, 0.3) is 10.9 Å². The van der Waals surface area contributed by atoms with Gasteiger partial charge in [-0.05, 0) is 24.5 Å². The number of para-hydroxylation sites is 1. The summed E-state index contributed by atoms with van der Waals surface area (Å²) in [7, 11) is 0. The molecule has 2 aromatic carbocycles. The quantitative estimate of drug-likeness (QED) is 0.615. The molecule has 0 bridgehead atoms. The molecule has 1 fully saturated rings. The van der Waals surface area contributed by atoms with E-state index >= 15 is 0 Å². The van der Waals surface area contributed by atoms with Crippen molar-refractivity contribution in [1.82, 2.24) is 9.47 Å². The van der Waals surface area contributed by atoms with Crippen LogP contribution in [0.2, 0.25) is 0 Å². The lowest BCUT2D eigenvalue weighted by atomic mass is 9.97. The predicted octanol–water partition coefficient (Wildman–Crippen LogP) is 5.10. The third-order valence-electron chi connectivity index (χ3n) is 5.39. The van der Waals surface area contributed by atoms with Gasteiger partial charge in [-0.15, -0.1) is 0 Å². The highest BCUT2D eigenvalue weighted by Crippen LogP contribution is 2.34. The lowest BCUT2D eigenvalue weighted by Crippen LogP contribution is -2.44. The van der Waals surface area contributed by atoms with Gasteiger partial charge in [0.1, 0.15) is 0 Å². The molecule has 4 rings (SSSR count). The Morgan fingerprint density at radius 3 is 2.50 bits per heavy atom. The first-order valence-corrected chi connectivity index (χ1v) is 9.41. The van der Waals surface area contributed by atoms with E-state index in [1.807, 2.05) is 59.2 Å². The van der Waals surface area contributed by atoms with Gasteiger partial charge >= 0.3 is 6.18 Å². The summed E-state index contributed by atoms with van der Waals surface area (Å²) in [6.45, 7) is 0.698. The van der Waals surface area contributed by atoms with Crippen LogP contribution in [0.1, 0.15) is 28.8 Å². The van der Waals surface area contributed by atoms with Crippen LogP contribution in [0.5, 0.6) is 0 Å². The summed E-state index contributed by atoms with van der Waals surface area (Å²) in [5, 5.41) is 0.776. The Morgan fingerprint density at radius 2 is 1.75 bits per heavy atom. The fraction of sp³-hybridized carbons (Fsp3) is 0.318. The Balaban J connectivity index is 1.66. The molecule has 0 N–H and O–H groups in total. The third-order valence-corrected chi connectivity index (χ3v) is 5.39. The van der Waals surface area contributed by atoms with Gasteiger partial charge in [-0.2, -0.15) is 13.2 Å². The van der Waals surface area contributed by atoms with Crippen LogP contribution in [0.4, 0.5) is 13.2 Å². The molecule has 0 spiro atoms. The average molecular weight is 386 g/mol. The van der Waals surface area contributed by atoms with E-state index in [0.29, 0.717) is 25.1 Å². The second kappa shape index (κ2) is 7.34. The topological polar surface area (TPSA) is 25.2 Å². The minimum atomic E-state index is -4.26. The van der Waals surface area contributed by atoms with Crippen LogP contribution in [-0.4, -0.2) is 34.6 Å². The highest BCUT2D eigenvalue weighted by molar-refractivity contribution is 6.07. The number of piperidine rings is 1. The molecule has 1 aromatic heterocycles. The Labute approximate surface area is 161 Å². The number of benzene rings is 2. The van der Waals surface area contributed by atoms with E-state index in [1.165, 1.54) is 4.90 Å². The SMILES string of the molecule is O=C(c1cn(Cc2ccccc2)c2ccccc12)N1CCCC(C(F)(F)F)C1. The number of carbonyl (C=O) groups is 1. The van der Waals surface area contributed by atoms with Crippen molar-refractivity contribution in [2.75, 3.05) is 13.1 Å². The van der Waals surface area contributed by atoms with Crippen LogP contribution in [0, 0.1) is 5.92 Å². The van der Waals surface area contributed by atoms with E-state index < -0.39 is 12.1 Å². The number of hydrogen-bond acceptors (Lipinski definition) is 1. The zero-order valence-electron chi connectivity index (χ0n) is 15.3. The molecule has 6 heteroatoms. The standard InChI is InChI=1S/C22H21F3N2O/c23-22(24,25)17-9-6-12-26(14-17)21(28)19-15-27(13-16-7-2-1-3-8-16)20-11-5-4-10-18(19)20/h1-5,7-8,10-11,15,17H,6,9,12-14H2. The van der Waals surface area contributed by atoms with E-state index in [-0.39, 0.29) is 18.9 Å². The Hall–Kier alpha value is -2.76. The smallest absolute Gasteiger partial charge is 0.342 e. The molecule has 1 atom stereocenters. The molecule has 0 aliphatic carbocycles. The number of fused-ring (bicyclic) bond motifs is 1. The average Bonchev–Trinajstić information content (AvgIpc) is 3.06. The molecule has 1 saturated heterocycles. The number of aromatic nitrogens is 1. The first-order chi connectivity index (χ1) is 13.4. The molecule has 3 nitrogen and oxygen atoms in total. The fourth-order valence-corrected chi connectivity index (χ4v) is 3.93. The van der Waals surface area contributed by atoms with Gasteiger partial charge in [0.2, 0.25) is 0 Å². The third kappa shape index (κ3) is 3.63. The number of likely N-dealkylation sites (tertiary alicyclic amines) is 1. The van der Waals surface area contributed by atoms with Gasteiger partial charge in [-0.3, -0.25) is 4.79 Å². The van der Waals surface area contributed by atoms with Gasteiger partial charge in [0.05, 0.1) is 11.5 Å². The lowest BCUT2D eigenvalue weighted by Gasteiger charge is -2.33. The predicted molar refractivity (Wildman–Crippen MR) is 102 cm³/mol. The monoisotopic (exact) mass is 386 g/mol. The largest absolute Gasteiger partial charge is 0.393 e. The molecule has 146 valence electrons. The van der Waals surface area contributed by atoms with E-state index in [1.54, 1.807) is 6.20 Å². The summed E-state index contributed by atoms with van der Waals surface area (Å²) >= 11 is 0. The summed E-state index contributed by atoms with van der Waals surface area (Å²) in [5.74, 6) is -1.76. The summed E-state index contributed by atoms with van der Waals surface area (Å²) in [4.78, 5) is 14.5. The number of hydrogen-bond donors (Lipinski definition) is 0. The first-order valence-electron chi connectivity index (χ1n) is 9.41. The molecule has 1 unspecified atom stereocenters. The van der Waals surface area contributed by atoms with Crippen LogP contribution < -0.4 is 0 Å². The van der Waals surface area contributed by atoms with Crippen molar-refractivity contribution in [2.24, 2.45) is 5.92 Å². The number of carbonyl (C=O) groups excluding carboxylic acids is 1. The van der Waals surface area contributed by atoms with Crippen molar-refractivity contribution in [3.63, 3.8) is 0 Å². The summed E-state index contributed by atoms with van der Waals surface area (Å²) in [6, 6.07) is 17.4. The molecule has 1 aliphatic rings. The van der Waals surface area contributed by atoms with Gasteiger partial charge < -0.3 is 9.47 Å². The van der Waals surface area contributed by atoms with Gasteiger partial charge in [-0.1, -0.05) is 48.5 Å². The van der Waals surface area contributed by atoms with Crippen molar-refractivity contribution < 1.29 is 18.0 Å². The maximum atomic E-state index is 13.1. The van der Waals surface area contributed by atoms with Gasteiger partial charge in [-0.25, -0.2) is 0 Å². The fourth-order valence-electron chi connectivity index (χ4n) is 3.93. The number of halogens is 3.